The van der Waals surface area contributed by atoms with Crippen LogP contribution in [0.2, 0.25) is 0 Å². The first-order chi connectivity index (χ1) is 11.4. The number of amides is 1. The maximum absolute atomic E-state index is 12.3. The Morgan fingerprint density at radius 3 is 2.79 bits per heavy atom. The summed E-state index contributed by atoms with van der Waals surface area (Å²) in [6.07, 6.45) is -0.645. The first-order valence-electron chi connectivity index (χ1n) is 6.91. The SMILES string of the molecule is CCNc1nccc(C(=O)Nc2cnccc2OCC(F)(F)F)n1. The van der Waals surface area contributed by atoms with E-state index in [1.165, 1.54) is 30.7 Å². The fraction of sp³-hybridized carbons (Fsp3) is 0.286. The molecular weight excluding hydrogens is 327 g/mol. The fourth-order valence-corrected chi connectivity index (χ4v) is 1.68. The number of carbonyl (C=O) groups excluding carboxylic acids is 1. The number of pyridine rings is 1. The number of aromatic nitrogens is 3. The number of alkyl halides is 3. The average Bonchev–Trinajstić information content (AvgIpc) is 2.54. The van der Waals surface area contributed by atoms with Crippen molar-refractivity contribution >= 4 is 17.5 Å². The van der Waals surface area contributed by atoms with Crippen molar-refractivity contribution < 1.29 is 22.7 Å². The van der Waals surface area contributed by atoms with E-state index in [0.29, 0.717) is 6.54 Å². The molecule has 0 bridgehead atoms. The summed E-state index contributed by atoms with van der Waals surface area (Å²) >= 11 is 0. The van der Waals surface area contributed by atoms with Crippen LogP contribution in [0.5, 0.6) is 5.75 Å². The third-order valence-corrected chi connectivity index (χ3v) is 2.64. The minimum absolute atomic E-state index is 0.00960. The van der Waals surface area contributed by atoms with Crippen LogP contribution in [0.4, 0.5) is 24.8 Å². The van der Waals surface area contributed by atoms with Crippen molar-refractivity contribution in [1.82, 2.24) is 15.0 Å². The van der Waals surface area contributed by atoms with Crippen LogP contribution in [0.1, 0.15) is 17.4 Å². The molecule has 0 fully saturated rings. The molecule has 2 aromatic rings. The fourth-order valence-electron chi connectivity index (χ4n) is 1.68. The maximum atomic E-state index is 12.3. The van der Waals surface area contributed by atoms with Gasteiger partial charge in [0.25, 0.3) is 5.91 Å². The molecule has 2 aromatic heterocycles. The van der Waals surface area contributed by atoms with Gasteiger partial charge in [0.1, 0.15) is 17.1 Å². The van der Waals surface area contributed by atoms with E-state index < -0.39 is 18.7 Å². The Morgan fingerprint density at radius 1 is 1.29 bits per heavy atom. The summed E-state index contributed by atoms with van der Waals surface area (Å²) in [7, 11) is 0. The van der Waals surface area contributed by atoms with Gasteiger partial charge in [0.05, 0.1) is 6.20 Å². The third kappa shape index (κ3) is 5.07. The number of carbonyl (C=O) groups is 1. The van der Waals surface area contributed by atoms with Gasteiger partial charge in [-0.3, -0.25) is 9.78 Å². The van der Waals surface area contributed by atoms with Gasteiger partial charge in [-0.05, 0) is 13.0 Å². The van der Waals surface area contributed by atoms with Crippen LogP contribution in [0.3, 0.4) is 0 Å². The molecule has 0 saturated carbocycles. The second-order valence-corrected chi connectivity index (χ2v) is 4.53. The zero-order chi connectivity index (χ0) is 17.6. The summed E-state index contributed by atoms with van der Waals surface area (Å²) in [5, 5.41) is 5.27. The number of halogens is 3. The molecule has 0 aliphatic carbocycles. The summed E-state index contributed by atoms with van der Waals surface area (Å²) in [6.45, 7) is 0.942. The number of anilines is 2. The molecule has 2 heterocycles. The van der Waals surface area contributed by atoms with Crippen LogP contribution in [0.25, 0.3) is 0 Å². The number of hydrogen-bond donors (Lipinski definition) is 2. The molecular formula is C14H14F3N5O2. The van der Waals surface area contributed by atoms with Crippen molar-refractivity contribution in [3.8, 4) is 5.75 Å². The smallest absolute Gasteiger partial charge is 0.422 e. The predicted octanol–water partition coefficient (Wildman–Crippen LogP) is 2.50. The molecule has 7 nitrogen and oxygen atoms in total. The van der Waals surface area contributed by atoms with Crippen molar-refractivity contribution in [2.45, 2.75) is 13.1 Å². The molecule has 0 aliphatic rings. The van der Waals surface area contributed by atoms with Gasteiger partial charge in [-0.15, -0.1) is 0 Å². The minimum atomic E-state index is -4.49. The van der Waals surface area contributed by atoms with E-state index in [4.69, 9.17) is 0 Å². The Labute approximate surface area is 135 Å². The van der Waals surface area contributed by atoms with E-state index in [1.807, 2.05) is 6.92 Å². The van der Waals surface area contributed by atoms with Gasteiger partial charge in [-0.2, -0.15) is 13.2 Å². The topological polar surface area (TPSA) is 89.0 Å². The van der Waals surface area contributed by atoms with Crippen molar-refractivity contribution in [3.05, 3.63) is 36.4 Å². The highest BCUT2D eigenvalue weighted by Crippen LogP contribution is 2.25. The first kappa shape index (κ1) is 17.4. The average molecular weight is 341 g/mol. The van der Waals surface area contributed by atoms with Gasteiger partial charge in [0.2, 0.25) is 5.95 Å². The Hall–Kier alpha value is -2.91. The summed E-state index contributed by atoms with van der Waals surface area (Å²) in [5.74, 6) is -0.497. The van der Waals surface area contributed by atoms with E-state index in [2.05, 4.69) is 30.3 Å². The molecule has 0 radical (unpaired) electrons. The van der Waals surface area contributed by atoms with Gasteiger partial charge in [-0.25, -0.2) is 9.97 Å². The monoisotopic (exact) mass is 341 g/mol. The maximum Gasteiger partial charge on any atom is 0.422 e. The summed E-state index contributed by atoms with van der Waals surface area (Å²) in [6, 6.07) is 2.61. The third-order valence-electron chi connectivity index (χ3n) is 2.64. The van der Waals surface area contributed by atoms with Crippen molar-refractivity contribution in [2.75, 3.05) is 23.8 Å². The summed E-state index contributed by atoms with van der Waals surface area (Å²) in [5.41, 5.74) is 0.0573. The van der Waals surface area contributed by atoms with Crippen LogP contribution in [0, 0.1) is 0 Å². The molecule has 0 atom stereocenters. The van der Waals surface area contributed by atoms with Crippen molar-refractivity contribution in [1.29, 1.82) is 0 Å². The molecule has 0 aliphatic heterocycles. The standard InChI is InChI=1S/C14H14F3N5O2/c1-2-19-13-20-6-3-9(22-13)12(23)21-10-7-18-5-4-11(10)24-8-14(15,16)17/h3-7H,2,8H2,1H3,(H,21,23)(H,19,20,22). The Bertz CT molecular complexity index is 709. The molecule has 2 N–H and O–H groups in total. The highest BCUT2D eigenvalue weighted by molar-refractivity contribution is 6.03. The van der Waals surface area contributed by atoms with Crippen LogP contribution in [-0.2, 0) is 0 Å². The first-order valence-corrected chi connectivity index (χ1v) is 6.91. The van der Waals surface area contributed by atoms with E-state index in [0.717, 1.165) is 0 Å². The molecule has 1 amide bonds. The van der Waals surface area contributed by atoms with Gasteiger partial charge in [0.15, 0.2) is 6.61 Å². The van der Waals surface area contributed by atoms with Crippen LogP contribution >= 0.6 is 0 Å². The minimum Gasteiger partial charge on any atom is -0.482 e. The van der Waals surface area contributed by atoms with E-state index in [1.54, 1.807) is 0 Å². The van der Waals surface area contributed by atoms with Crippen molar-refractivity contribution in [2.24, 2.45) is 0 Å². The molecule has 0 spiro atoms. The predicted molar refractivity (Wildman–Crippen MR) is 79.9 cm³/mol. The highest BCUT2D eigenvalue weighted by Gasteiger charge is 2.29. The highest BCUT2D eigenvalue weighted by atomic mass is 19.4. The molecule has 0 aromatic carbocycles. The number of ether oxygens (including phenoxy) is 1. The number of nitrogens with one attached hydrogen (secondary N) is 2. The van der Waals surface area contributed by atoms with Crippen LogP contribution in [-0.4, -0.2) is 40.2 Å². The lowest BCUT2D eigenvalue weighted by Crippen LogP contribution is -2.21. The van der Waals surface area contributed by atoms with Crippen molar-refractivity contribution in [3.63, 3.8) is 0 Å². The van der Waals surface area contributed by atoms with Gasteiger partial charge < -0.3 is 15.4 Å². The van der Waals surface area contributed by atoms with Gasteiger partial charge in [0, 0.05) is 25.0 Å². The van der Waals surface area contributed by atoms with E-state index in [-0.39, 0.29) is 23.1 Å². The normalized spacial score (nSPS) is 11.0. The zero-order valence-corrected chi connectivity index (χ0v) is 12.6. The number of hydrogen-bond acceptors (Lipinski definition) is 6. The summed E-state index contributed by atoms with van der Waals surface area (Å²) in [4.78, 5) is 23.9. The molecule has 128 valence electrons. The van der Waals surface area contributed by atoms with E-state index in [9.17, 15) is 18.0 Å². The molecule has 10 heteroatoms. The number of nitrogens with zero attached hydrogens (tertiary/aromatic N) is 3. The second-order valence-electron chi connectivity index (χ2n) is 4.53. The lowest BCUT2D eigenvalue weighted by molar-refractivity contribution is -0.153. The Kier molecular flexibility index (Phi) is 5.51. The lowest BCUT2D eigenvalue weighted by Gasteiger charge is -2.13. The summed E-state index contributed by atoms with van der Waals surface area (Å²) < 4.78 is 41.5. The van der Waals surface area contributed by atoms with E-state index >= 15 is 0 Å². The Morgan fingerprint density at radius 2 is 2.08 bits per heavy atom. The van der Waals surface area contributed by atoms with Gasteiger partial charge in [-0.1, -0.05) is 0 Å². The largest absolute Gasteiger partial charge is 0.482 e. The molecule has 2 rings (SSSR count). The van der Waals surface area contributed by atoms with Crippen LogP contribution < -0.4 is 15.4 Å². The molecule has 24 heavy (non-hydrogen) atoms. The molecule has 0 saturated heterocycles. The van der Waals surface area contributed by atoms with Gasteiger partial charge >= 0.3 is 6.18 Å². The zero-order valence-electron chi connectivity index (χ0n) is 12.6. The second kappa shape index (κ2) is 7.57. The number of rotatable bonds is 6. The quantitative estimate of drug-likeness (QED) is 0.839. The molecule has 0 unspecified atom stereocenters. The van der Waals surface area contributed by atoms with Crippen LogP contribution in [0.15, 0.2) is 30.7 Å². The Balaban J connectivity index is 2.13. The lowest BCUT2D eigenvalue weighted by atomic mass is 10.3.